The van der Waals surface area contributed by atoms with Gasteiger partial charge in [-0.2, -0.15) is 5.10 Å². The molecule has 1 heterocycles. The molecule has 0 aliphatic heterocycles. The summed E-state index contributed by atoms with van der Waals surface area (Å²) in [5, 5.41) is 13.7. The molecule has 3 nitrogen and oxygen atoms in total. The summed E-state index contributed by atoms with van der Waals surface area (Å²) in [6.45, 7) is 2.45. The Morgan fingerprint density at radius 2 is 1.80 bits per heavy atom. The fourth-order valence-electron chi connectivity index (χ4n) is 2.20. The van der Waals surface area contributed by atoms with Crippen LogP contribution in [0, 0.1) is 12.7 Å². The van der Waals surface area contributed by atoms with Crippen molar-refractivity contribution in [3.63, 3.8) is 0 Å². The topological polar surface area (TPSA) is 37.8 Å². The highest BCUT2D eigenvalue weighted by Crippen LogP contribution is 2.22. The normalized spacial score (nSPS) is 10.7. The number of benzene rings is 2. The van der Waals surface area contributed by atoms with Crippen molar-refractivity contribution in [3.8, 4) is 0 Å². The predicted octanol–water partition coefficient (Wildman–Crippen LogP) is 3.69. The van der Waals surface area contributed by atoms with Crippen molar-refractivity contribution in [1.82, 2.24) is 10.2 Å². The Morgan fingerprint density at radius 3 is 2.60 bits per heavy atom. The molecule has 0 radical (unpaired) electrons. The maximum atomic E-state index is 13.1. The molecular weight excluding hydrogens is 253 g/mol. The molecule has 0 unspecified atom stereocenters. The fraction of sp³-hybridized carbons (Fsp3) is 0.125. The zero-order chi connectivity index (χ0) is 13.9. The third-order valence-corrected chi connectivity index (χ3v) is 3.22. The quantitative estimate of drug-likeness (QED) is 0.786. The molecule has 0 fully saturated rings. The number of nitrogens with zero attached hydrogens (tertiary/aromatic N) is 2. The minimum absolute atomic E-state index is 0.232. The first-order valence-corrected chi connectivity index (χ1v) is 6.44. The van der Waals surface area contributed by atoms with E-state index in [9.17, 15) is 4.39 Å². The van der Waals surface area contributed by atoms with Crippen LogP contribution >= 0.6 is 0 Å². The molecule has 0 aliphatic carbocycles. The van der Waals surface area contributed by atoms with Gasteiger partial charge in [0.1, 0.15) is 5.82 Å². The lowest BCUT2D eigenvalue weighted by molar-refractivity contribution is 0.626. The third-order valence-electron chi connectivity index (χ3n) is 3.22. The van der Waals surface area contributed by atoms with Crippen molar-refractivity contribution in [3.05, 3.63) is 65.6 Å². The van der Waals surface area contributed by atoms with Gasteiger partial charge in [-0.05, 0) is 24.6 Å². The molecule has 20 heavy (non-hydrogen) atoms. The molecule has 1 aromatic heterocycles. The van der Waals surface area contributed by atoms with E-state index in [1.165, 1.54) is 12.1 Å². The summed E-state index contributed by atoms with van der Waals surface area (Å²) in [5.41, 5.74) is 1.77. The molecule has 3 aromatic rings. The van der Waals surface area contributed by atoms with Crippen LogP contribution in [0.2, 0.25) is 0 Å². The van der Waals surface area contributed by atoms with E-state index >= 15 is 0 Å². The van der Waals surface area contributed by atoms with Gasteiger partial charge in [0.2, 0.25) is 0 Å². The lowest BCUT2D eigenvalue weighted by Gasteiger charge is -2.09. The summed E-state index contributed by atoms with van der Waals surface area (Å²) in [6, 6.07) is 14.5. The minimum Gasteiger partial charge on any atom is -0.364 e. The molecule has 0 spiro atoms. The van der Waals surface area contributed by atoms with E-state index in [0.717, 1.165) is 27.8 Å². The average Bonchev–Trinajstić information content (AvgIpc) is 2.47. The minimum atomic E-state index is -0.232. The molecule has 0 saturated carbocycles. The molecule has 4 heteroatoms. The van der Waals surface area contributed by atoms with Crippen LogP contribution in [0.5, 0.6) is 0 Å². The van der Waals surface area contributed by atoms with Crippen LogP contribution in [-0.2, 0) is 6.54 Å². The third kappa shape index (κ3) is 2.45. The molecule has 0 bridgehead atoms. The monoisotopic (exact) mass is 267 g/mol. The zero-order valence-corrected chi connectivity index (χ0v) is 11.1. The van der Waals surface area contributed by atoms with Gasteiger partial charge >= 0.3 is 0 Å². The summed E-state index contributed by atoms with van der Waals surface area (Å²) in [5.74, 6) is 0.486. The number of aromatic nitrogens is 2. The van der Waals surface area contributed by atoms with Gasteiger partial charge in [0.15, 0.2) is 5.82 Å². The Kier molecular flexibility index (Phi) is 3.29. The van der Waals surface area contributed by atoms with E-state index in [1.54, 1.807) is 6.07 Å². The standard InChI is InChI=1S/C16H14FN3/c1-11-14-7-2-3-8-15(14)16(20-19-11)18-10-12-5-4-6-13(17)9-12/h2-9H,10H2,1H3,(H,18,20). The summed E-state index contributed by atoms with van der Waals surface area (Å²) in [7, 11) is 0. The fourth-order valence-corrected chi connectivity index (χ4v) is 2.20. The van der Waals surface area contributed by atoms with Crippen LogP contribution in [0.1, 0.15) is 11.3 Å². The van der Waals surface area contributed by atoms with Gasteiger partial charge in [0.05, 0.1) is 5.69 Å². The number of rotatable bonds is 3. The van der Waals surface area contributed by atoms with Gasteiger partial charge in [-0.1, -0.05) is 36.4 Å². The van der Waals surface area contributed by atoms with Crippen LogP contribution in [0.3, 0.4) is 0 Å². The number of fused-ring (bicyclic) bond motifs is 1. The number of halogens is 1. The van der Waals surface area contributed by atoms with E-state index in [0.29, 0.717) is 6.54 Å². The van der Waals surface area contributed by atoms with Crippen molar-refractivity contribution < 1.29 is 4.39 Å². The SMILES string of the molecule is Cc1nnc(NCc2cccc(F)c2)c2ccccc12. The van der Waals surface area contributed by atoms with Crippen molar-refractivity contribution >= 4 is 16.6 Å². The van der Waals surface area contributed by atoms with Crippen molar-refractivity contribution in [1.29, 1.82) is 0 Å². The predicted molar refractivity (Wildman–Crippen MR) is 78.0 cm³/mol. The first-order chi connectivity index (χ1) is 9.74. The second-order valence-corrected chi connectivity index (χ2v) is 4.66. The molecule has 0 amide bonds. The number of hydrogen-bond acceptors (Lipinski definition) is 3. The van der Waals surface area contributed by atoms with E-state index in [2.05, 4.69) is 15.5 Å². The second kappa shape index (κ2) is 5.25. The van der Waals surface area contributed by atoms with E-state index in [4.69, 9.17) is 0 Å². The first-order valence-electron chi connectivity index (χ1n) is 6.44. The second-order valence-electron chi connectivity index (χ2n) is 4.66. The van der Waals surface area contributed by atoms with Crippen molar-refractivity contribution in [2.24, 2.45) is 0 Å². The van der Waals surface area contributed by atoms with Gasteiger partial charge in [-0.25, -0.2) is 4.39 Å². The molecule has 0 aliphatic rings. The van der Waals surface area contributed by atoms with Crippen LogP contribution in [0.4, 0.5) is 10.2 Å². The molecule has 3 rings (SSSR count). The van der Waals surface area contributed by atoms with Gasteiger partial charge in [-0.15, -0.1) is 5.10 Å². The smallest absolute Gasteiger partial charge is 0.156 e. The highest BCUT2D eigenvalue weighted by Gasteiger charge is 2.05. The van der Waals surface area contributed by atoms with E-state index < -0.39 is 0 Å². The molecule has 0 atom stereocenters. The van der Waals surface area contributed by atoms with Gasteiger partial charge in [0, 0.05) is 17.3 Å². The largest absolute Gasteiger partial charge is 0.364 e. The van der Waals surface area contributed by atoms with Crippen LogP contribution in [0.15, 0.2) is 48.5 Å². The van der Waals surface area contributed by atoms with Crippen LogP contribution < -0.4 is 5.32 Å². The summed E-state index contributed by atoms with van der Waals surface area (Å²) >= 11 is 0. The Morgan fingerprint density at radius 1 is 1.00 bits per heavy atom. The summed E-state index contributed by atoms with van der Waals surface area (Å²) in [6.07, 6.45) is 0. The zero-order valence-electron chi connectivity index (χ0n) is 11.1. The highest BCUT2D eigenvalue weighted by atomic mass is 19.1. The van der Waals surface area contributed by atoms with E-state index in [-0.39, 0.29) is 5.82 Å². The van der Waals surface area contributed by atoms with Gasteiger partial charge < -0.3 is 5.32 Å². The molecule has 0 saturated heterocycles. The Balaban J connectivity index is 1.90. The first kappa shape index (κ1) is 12.5. The van der Waals surface area contributed by atoms with Crippen molar-refractivity contribution in [2.45, 2.75) is 13.5 Å². The maximum Gasteiger partial charge on any atom is 0.156 e. The molecular formula is C16H14FN3. The summed E-state index contributed by atoms with van der Waals surface area (Å²) in [4.78, 5) is 0. The van der Waals surface area contributed by atoms with Gasteiger partial charge in [0.25, 0.3) is 0 Å². The Bertz CT molecular complexity index is 756. The molecule has 2 aromatic carbocycles. The summed E-state index contributed by atoms with van der Waals surface area (Å²) < 4.78 is 13.1. The van der Waals surface area contributed by atoms with Crippen molar-refractivity contribution in [2.75, 3.05) is 5.32 Å². The Hall–Kier alpha value is -2.49. The highest BCUT2D eigenvalue weighted by molar-refractivity contribution is 5.92. The lowest BCUT2D eigenvalue weighted by Crippen LogP contribution is -2.04. The van der Waals surface area contributed by atoms with Crippen LogP contribution in [0.25, 0.3) is 10.8 Å². The number of anilines is 1. The molecule has 100 valence electrons. The number of nitrogens with one attached hydrogen (secondary N) is 1. The Labute approximate surface area is 116 Å². The van der Waals surface area contributed by atoms with Gasteiger partial charge in [-0.3, -0.25) is 0 Å². The van der Waals surface area contributed by atoms with E-state index in [1.807, 2.05) is 37.3 Å². The maximum absolute atomic E-state index is 13.1. The van der Waals surface area contributed by atoms with Crippen LogP contribution in [-0.4, -0.2) is 10.2 Å². The number of aryl methyl sites for hydroxylation is 1. The molecule has 1 N–H and O–H groups in total. The average molecular weight is 267 g/mol. The lowest BCUT2D eigenvalue weighted by atomic mass is 10.1. The number of hydrogen-bond donors (Lipinski definition) is 1.